The lowest BCUT2D eigenvalue weighted by Crippen LogP contribution is -1.79. The van der Waals surface area contributed by atoms with Crippen molar-refractivity contribution in [2.45, 2.75) is 6.92 Å². The van der Waals surface area contributed by atoms with Gasteiger partial charge in [0.2, 0.25) is 0 Å². The largest absolute Gasteiger partial charge is 0.443 e. The number of hydrogen-bond acceptors (Lipinski definition) is 2. The Morgan fingerprint density at radius 3 is 2.57 bits per heavy atom. The summed E-state index contributed by atoms with van der Waals surface area (Å²) in [7, 11) is 0. The molecule has 0 amide bonds. The molecule has 72 valence electrons. The van der Waals surface area contributed by atoms with E-state index in [-0.39, 0.29) is 0 Å². The van der Waals surface area contributed by atoms with Gasteiger partial charge in [0.1, 0.15) is 0 Å². The molecule has 0 aliphatic rings. The minimum absolute atomic E-state index is 0.514. The van der Waals surface area contributed by atoms with Crippen molar-refractivity contribution >= 4 is 23.2 Å². The minimum Gasteiger partial charge on any atom is -0.443 e. The van der Waals surface area contributed by atoms with Crippen LogP contribution in [0.4, 0.5) is 0 Å². The fraction of sp³-hybridized carbons (Fsp3) is 0.100. The van der Waals surface area contributed by atoms with Crippen molar-refractivity contribution < 1.29 is 4.42 Å². The van der Waals surface area contributed by atoms with Crippen LogP contribution in [-0.4, -0.2) is 4.98 Å². The molecule has 0 atom stereocenters. The average Bonchev–Trinajstić information content (AvgIpc) is 2.57. The lowest BCUT2D eigenvalue weighted by atomic mass is 10.1. The van der Waals surface area contributed by atoms with Crippen LogP contribution >= 0.6 is 23.2 Å². The molecule has 1 aromatic carbocycles. The third kappa shape index (κ3) is 1.63. The van der Waals surface area contributed by atoms with Crippen LogP contribution in [0.1, 0.15) is 5.69 Å². The van der Waals surface area contributed by atoms with Crippen LogP contribution in [0, 0.1) is 6.92 Å². The Morgan fingerprint density at radius 1 is 1.21 bits per heavy atom. The van der Waals surface area contributed by atoms with Gasteiger partial charge < -0.3 is 4.42 Å². The molecule has 0 saturated carbocycles. The molecule has 1 heterocycles. The van der Waals surface area contributed by atoms with E-state index in [2.05, 4.69) is 4.98 Å². The van der Waals surface area contributed by atoms with Gasteiger partial charge in [-0.3, -0.25) is 0 Å². The van der Waals surface area contributed by atoms with Gasteiger partial charge in [0, 0.05) is 5.56 Å². The fourth-order valence-corrected chi connectivity index (χ4v) is 1.51. The molecule has 2 rings (SSSR count). The molecule has 0 N–H and O–H groups in total. The molecule has 0 aliphatic carbocycles. The normalized spacial score (nSPS) is 10.5. The van der Waals surface area contributed by atoms with Crippen molar-refractivity contribution in [1.29, 1.82) is 0 Å². The molecular formula is C10H7Cl2NO. The van der Waals surface area contributed by atoms with Crippen LogP contribution in [0.5, 0.6) is 0 Å². The number of halogens is 2. The number of aromatic nitrogens is 1. The van der Waals surface area contributed by atoms with E-state index in [9.17, 15) is 0 Å². The van der Waals surface area contributed by atoms with Crippen LogP contribution < -0.4 is 0 Å². The van der Waals surface area contributed by atoms with E-state index in [1.54, 1.807) is 12.1 Å². The summed E-state index contributed by atoms with van der Waals surface area (Å²) < 4.78 is 5.23. The molecule has 4 heteroatoms. The average molecular weight is 228 g/mol. The van der Waals surface area contributed by atoms with Crippen molar-refractivity contribution in [3.8, 4) is 11.3 Å². The molecule has 14 heavy (non-hydrogen) atoms. The summed E-state index contributed by atoms with van der Waals surface area (Å²) in [6.07, 6.45) is 1.41. The first kappa shape index (κ1) is 9.56. The van der Waals surface area contributed by atoms with Gasteiger partial charge in [-0.05, 0) is 25.1 Å². The van der Waals surface area contributed by atoms with Crippen LogP contribution in [0.3, 0.4) is 0 Å². The zero-order chi connectivity index (χ0) is 10.1. The number of oxazole rings is 1. The third-order valence-electron chi connectivity index (χ3n) is 1.93. The zero-order valence-corrected chi connectivity index (χ0v) is 8.93. The standard InChI is InChI=1S/C10H7Cl2NO/c1-6-10(14-5-13-6)7-2-3-8(11)9(12)4-7/h2-5H,1H3. The van der Waals surface area contributed by atoms with E-state index < -0.39 is 0 Å². The summed E-state index contributed by atoms with van der Waals surface area (Å²) in [5.74, 6) is 0.726. The predicted molar refractivity (Wildman–Crippen MR) is 56.7 cm³/mol. The highest BCUT2D eigenvalue weighted by atomic mass is 35.5. The Hall–Kier alpha value is -0.990. The number of benzene rings is 1. The molecule has 2 aromatic rings. The van der Waals surface area contributed by atoms with Crippen molar-refractivity contribution in [2.75, 3.05) is 0 Å². The van der Waals surface area contributed by atoms with E-state index in [4.69, 9.17) is 27.6 Å². The summed E-state index contributed by atoms with van der Waals surface area (Å²) >= 11 is 11.7. The monoisotopic (exact) mass is 227 g/mol. The zero-order valence-electron chi connectivity index (χ0n) is 7.42. The van der Waals surface area contributed by atoms with Crippen molar-refractivity contribution in [3.05, 3.63) is 40.3 Å². The molecule has 0 saturated heterocycles. The van der Waals surface area contributed by atoms with Gasteiger partial charge in [0.15, 0.2) is 12.2 Å². The highest BCUT2D eigenvalue weighted by Gasteiger charge is 2.08. The quantitative estimate of drug-likeness (QED) is 0.738. The highest BCUT2D eigenvalue weighted by molar-refractivity contribution is 6.42. The molecule has 0 spiro atoms. The second-order valence-corrected chi connectivity index (χ2v) is 3.71. The fourth-order valence-electron chi connectivity index (χ4n) is 1.22. The Morgan fingerprint density at radius 2 is 2.00 bits per heavy atom. The molecule has 0 radical (unpaired) electrons. The SMILES string of the molecule is Cc1ncoc1-c1ccc(Cl)c(Cl)c1. The summed E-state index contributed by atoms with van der Waals surface area (Å²) in [5.41, 5.74) is 1.72. The summed E-state index contributed by atoms with van der Waals surface area (Å²) in [6.45, 7) is 1.88. The molecule has 2 nitrogen and oxygen atoms in total. The Bertz CT molecular complexity index is 465. The number of hydrogen-bond donors (Lipinski definition) is 0. The second kappa shape index (κ2) is 3.64. The Balaban J connectivity index is 2.53. The Labute approximate surface area is 91.5 Å². The van der Waals surface area contributed by atoms with Crippen LogP contribution in [-0.2, 0) is 0 Å². The van der Waals surface area contributed by atoms with Gasteiger partial charge in [-0.2, -0.15) is 0 Å². The first-order chi connectivity index (χ1) is 6.68. The highest BCUT2D eigenvalue weighted by Crippen LogP contribution is 2.29. The van der Waals surface area contributed by atoms with Crippen molar-refractivity contribution in [2.24, 2.45) is 0 Å². The smallest absolute Gasteiger partial charge is 0.181 e. The van der Waals surface area contributed by atoms with Crippen LogP contribution in [0.2, 0.25) is 10.0 Å². The summed E-state index contributed by atoms with van der Waals surface area (Å²) in [4.78, 5) is 4.00. The van der Waals surface area contributed by atoms with Gasteiger partial charge in [-0.1, -0.05) is 23.2 Å². The van der Waals surface area contributed by atoms with Gasteiger partial charge in [0.25, 0.3) is 0 Å². The first-order valence-corrected chi connectivity index (χ1v) is 4.79. The molecule has 1 aromatic heterocycles. The van der Waals surface area contributed by atoms with Crippen LogP contribution in [0.15, 0.2) is 29.0 Å². The predicted octanol–water partition coefficient (Wildman–Crippen LogP) is 3.96. The van der Waals surface area contributed by atoms with Gasteiger partial charge >= 0.3 is 0 Å². The maximum atomic E-state index is 5.89. The van der Waals surface area contributed by atoms with E-state index in [1.165, 1.54) is 6.39 Å². The topological polar surface area (TPSA) is 26.0 Å². The van der Waals surface area contributed by atoms with Crippen molar-refractivity contribution in [3.63, 3.8) is 0 Å². The second-order valence-electron chi connectivity index (χ2n) is 2.90. The van der Waals surface area contributed by atoms with Gasteiger partial charge in [-0.25, -0.2) is 4.98 Å². The van der Waals surface area contributed by atoms with E-state index >= 15 is 0 Å². The van der Waals surface area contributed by atoms with Gasteiger partial charge in [-0.15, -0.1) is 0 Å². The van der Waals surface area contributed by atoms with E-state index in [1.807, 2.05) is 13.0 Å². The summed E-state index contributed by atoms with van der Waals surface area (Å²) in [6, 6.07) is 5.35. The van der Waals surface area contributed by atoms with E-state index in [0.29, 0.717) is 10.0 Å². The lowest BCUT2D eigenvalue weighted by Gasteiger charge is -2.00. The first-order valence-electron chi connectivity index (χ1n) is 4.04. The molecule has 0 unspecified atom stereocenters. The lowest BCUT2D eigenvalue weighted by molar-refractivity contribution is 0.571. The molecular weight excluding hydrogens is 221 g/mol. The number of rotatable bonds is 1. The Kier molecular flexibility index (Phi) is 2.48. The number of nitrogens with zero attached hydrogens (tertiary/aromatic N) is 1. The molecule has 0 aliphatic heterocycles. The minimum atomic E-state index is 0.514. The number of aryl methyl sites for hydroxylation is 1. The van der Waals surface area contributed by atoms with Crippen LogP contribution in [0.25, 0.3) is 11.3 Å². The van der Waals surface area contributed by atoms with Gasteiger partial charge in [0.05, 0.1) is 15.7 Å². The third-order valence-corrected chi connectivity index (χ3v) is 2.67. The molecule has 0 fully saturated rings. The molecule has 0 bridgehead atoms. The summed E-state index contributed by atoms with van der Waals surface area (Å²) in [5, 5.41) is 1.05. The maximum Gasteiger partial charge on any atom is 0.181 e. The van der Waals surface area contributed by atoms with Crippen molar-refractivity contribution in [1.82, 2.24) is 4.98 Å². The van der Waals surface area contributed by atoms with E-state index in [0.717, 1.165) is 17.0 Å². The maximum absolute atomic E-state index is 5.89.